The highest BCUT2D eigenvalue weighted by atomic mass is 35.5. The van der Waals surface area contributed by atoms with Crippen LogP contribution in [0.1, 0.15) is 0 Å². The highest BCUT2D eigenvalue weighted by Crippen LogP contribution is 2.23. The third-order valence-corrected chi connectivity index (χ3v) is 3.03. The van der Waals surface area contributed by atoms with Gasteiger partial charge in [-0.15, -0.1) is 0 Å². The molecule has 0 saturated heterocycles. The van der Waals surface area contributed by atoms with Crippen LogP contribution in [0.25, 0.3) is 16.7 Å². The zero-order chi connectivity index (χ0) is 12.7. The Labute approximate surface area is 106 Å². The lowest BCUT2D eigenvalue weighted by Crippen LogP contribution is -2.14. The van der Waals surface area contributed by atoms with Gasteiger partial charge in [0.2, 0.25) is 0 Å². The fourth-order valence-electron chi connectivity index (χ4n) is 1.98. The monoisotopic (exact) mass is 262 g/mol. The van der Waals surface area contributed by atoms with Crippen LogP contribution in [0.2, 0.25) is 5.02 Å². The number of H-pyrrole nitrogens is 1. The third-order valence-electron chi connectivity index (χ3n) is 2.72. The molecule has 1 heterocycles. The molecule has 0 bridgehead atoms. The van der Waals surface area contributed by atoms with E-state index in [0.717, 1.165) is 0 Å². The van der Waals surface area contributed by atoms with Crippen LogP contribution in [0.5, 0.6) is 0 Å². The molecule has 0 radical (unpaired) electrons. The number of nitrogens with zero attached hydrogens (tertiary/aromatic N) is 1. The molecule has 0 saturated carbocycles. The maximum atomic E-state index is 13.2. The summed E-state index contributed by atoms with van der Waals surface area (Å²) in [7, 11) is 0. The third kappa shape index (κ3) is 1.62. The van der Waals surface area contributed by atoms with Gasteiger partial charge in [0.25, 0.3) is 0 Å². The van der Waals surface area contributed by atoms with E-state index in [1.807, 2.05) is 0 Å². The number of aromatic amines is 1. The average molecular weight is 263 g/mol. The van der Waals surface area contributed by atoms with E-state index in [1.54, 1.807) is 30.3 Å². The Kier molecular flexibility index (Phi) is 2.45. The van der Waals surface area contributed by atoms with Crippen molar-refractivity contribution >= 4 is 22.6 Å². The van der Waals surface area contributed by atoms with Gasteiger partial charge in [-0.1, -0.05) is 23.7 Å². The van der Waals surface area contributed by atoms with Gasteiger partial charge in [-0.2, -0.15) is 0 Å². The van der Waals surface area contributed by atoms with Gasteiger partial charge in [-0.3, -0.25) is 4.57 Å². The van der Waals surface area contributed by atoms with Gasteiger partial charge in [0.05, 0.1) is 21.7 Å². The first kappa shape index (κ1) is 11.0. The Balaban J connectivity index is 2.42. The first-order chi connectivity index (χ1) is 8.66. The molecule has 3 nitrogen and oxygen atoms in total. The second-order valence-corrected chi connectivity index (χ2v) is 4.29. The van der Waals surface area contributed by atoms with Crippen molar-refractivity contribution in [1.29, 1.82) is 0 Å². The predicted molar refractivity (Wildman–Crippen MR) is 68.9 cm³/mol. The number of hydrogen-bond donors (Lipinski definition) is 1. The van der Waals surface area contributed by atoms with E-state index in [-0.39, 0.29) is 5.69 Å². The highest BCUT2D eigenvalue weighted by molar-refractivity contribution is 6.35. The topological polar surface area (TPSA) is 37.8 Å². The number of nitrogens with one attached hydrogen (secondary N) is 1. The first-order valence-corrected chi connectivity index (χ1v) is 5.70. The normalized spacial score (nSPS) is 11.0. The van der Waals surface area contributed by atoms with Crippen LogP contribution in [0, 0.1) is 5.82 Å². The Bertz CT molecular complexity index is 791. The van der Waals surface area contributed by atoms with Gasteiger partial charge >= 0.3 is 5.69 Å². The van der Waals surface area contributed by atoms with Gasteiger partial charge < -0.3 is 4.98 Å². The van der Waals surface area contributed by atoms with Crippen molar-refractivity contribution in [3.05, 3.63) is 63.8 Å². The smallest absolute Gasteiger partial charge is 0.305 e. The van der Waals surface area contributed by atoms with Gasteiger partial charge in [0.15, 0.2) is 0 Å². The molecule has 0 aliphatic carbocycles. The standard InChI is InChI=1S/C13H8ClFN2O/c14-10-5-2-6-11-12(10)17(13(18)16-11)9-4-1-3-8(15)7-9/h1-7H,(H,16,18). The van der Waals surface area contributed by atoms with E-state index < -0.39 is 5.82 Å². The Morgan fingerprint density at radius 2 is 1.94 bits per heavy atom. The summed E-state index contributed by atoms with van der Waals surface area (Å²) >= 11 is 6.09. The Morgan fingerprint density at radius 1 is 1.17 bits per heavy atom. The number of para-hydroxylation sites is 1. The first-order valence-electron chi connectivity index (χ1n) is 5.32. The molecule has 0 aliphatic rings. The van der Waals surface area contributed by atoms with Crippen molar-refractivity contribution in [3.8, 4) is 5.69 Å². The van der Waals surface area contributed by atoms with Crippen molar-refractivity contribution in [2.24, 2.45) is 0 Å². The van der Waals surface area contributed by atoms with Crippen LogP contribution in [0.4, 0.5) is 4.39 Å². The lowest BCUT2D eigenvalue weighted by Gasteiger charge is -2.04. The maximum absolute atomic E-state index is 13.2. The molecule has 0 atom stereocenters. The van der Waals surface area contributed by atoms with E-state index in [1.165, 1.54) is 16.7 Å². The Morgan fingerprint density at radius 3 is 2.72 bits per heavy atom. The van der Waals surface area contributed by atoms with E-state index >= 15 is 0 Å². The van der Waals surface area contributed by atoms with Gasteiger partial charge in [0.1, 0.15) is 5.82 Å². The molecular formula is C13H8ClFN2O. The molecule has 1 N–H and O–H groups in total. The number of hydrogen-bond acceptors (Lipinski definition) is 1. The Hall–Kier alpha value is -2.07. The van der Waals surface area contributed by atoms with Crippen LogP contribution < -0.4 is 5.69 Å². The highest BCUT2D eigenvalue weighted by Gasteiger charge is 2.11. The number of imidazole rings is 1. The summed E-state index contributed by atoms with van der Waals surface area (Å²) in [6.07, 6.45) is 0. The van der Waals surface area contributed by atoms with E-state index in [9.17, 15) is 9.18 Å². The SMILES string of the molecule is O=c1[nH]c2cccc(Cl)c2n1-c1cccc(F)c1. The molecule has 3 rings (SSSR count). The van der Waals surface area contributed by atoms with Crippen LogP contribution in [0.3, 0.4) is 0 Å². The number of rotatable bonds is 1. The van der Waals surface area contributed by atoms with Crippen molar-refractivity contribution in [1.82, 2.24) is 9.55 Å². The summed E-state index contributed by atoms with van der Waals surface area (Å²) in [6.45, 7) is 0. The molecule has 18 heavy (non-hydrogen) atoms. The van der Waals surface area contributed by atoms with Crippen molar-refractivity contribution in [3.63, 3.8) is 0 Å². The van der Waals surface area contributed by atoms with Crippen LogP contribution in [-0.4, -0.2) is 9.55 Å². The van der Waals surface area contributed by atoms with E-state index in [2.05, 4.69) is 4.98 Å². The zero-order valence-electron chi connectivity index (χ0n) is 9.15. The number of halogens is 2. The molecule has 3 aromatic rings. The van der Waals surface area contributed by atoms with Crippen LogP contribution in [-0.2, 0) is 0 Å². The minimum atomic E-state index is -0.402. The molecule has 0 spiro atoms. The fraction of sp³-hybridized carbons (Fsp3) is 0. The fourth-order valence-corrected chi connectivity index (χ4v) is 2.24. The van der Waals surface area contributed by atoms with Crippen LogP contribution in [0.15, 0.2) is 47.3 Å². The minimum absolute atomic E-state index is 0.344. The van der Waals surface area contributed by atoms with E-state index in [4.69, 9.17) is 11.6 Å². The summed E-state index contributed by atoms with van der Waals surface area (Å²) < 4.78 is 14.6. The van der Waals surface area contributed by atoms with Crippen LogP contribution >= 0.6 is 11.6 Å². The van der Waals surface area contributed by atoms with Crippen molar-refractivity contribution in [2.45, 2.75) is 0 Å². The molecule has 2 aromatic carbocycles. The second-order valence-electron chi connectivity index (χ2n) is 3.88. The summed E-state index contributed by atoms with van der Waals surface area (Å²) in [6, 6.07) is 11.0. The van der Waals surface area contributed by atoms with Gasteiger partial charge in [0, 0.05) is 0 Å². The molecule has 5 heteroatoms. The molecule has 1 aromatic heterocycles. The molecular weight excluding hydrogens is 255 g/mol. The summed E-state index contributed by atoms with van der Waals surface area (Å²) in [5.41, 5.74) is 1.27. The maximum Gasteiger partial charge on any atom is 0.331 e. The molecule has 0 fully saturated rings. The number of benzene rings is 2. The zero-order valence-corrected chi connectivity index (χ0v) is 9.91. The van der Waals surface area contributed by atoms with Crippen molar-refractivity contribution < 1.29 is 4.39 Å². The lowest BCUT2D eigenvalue weighted by molar-refractivity contribution is 0.626. The summed E-state index contributed by atoms with van der Waals surface area (Å²) in [5, 5.41) is 0.440. The number of aromatic nitrogens is 2. The number of fused-ring (bicyclic) bond motifs is 1. The quantitative estimate of drug-likeness (QED) is 0.719. The van der Waals surface area contributed by atoms with Gasteiger partial charge in [-0.05, 0) is 30.3 Å². The average Bonchev–Trinajstić information content (AvgIpc) is 2.67. The molecule has 90 valence electrons. The second kappa shape index (κ2) is 3.99. The van der Waals surface area contributed by atoms with Gasteiger partial charge in [-0.25, -0.2) is 9.18 Å². The molecule has 0 amide bonds. The molecule has 0 unspecified atom stereocenters. The summed E-state index contributed by atoms with van der Waals surface area (Å²) in [5.74, 6) is -0.402. The van der Waals surface area contributed by atoms with E-state index in [0.29, 0.717) is 21.7 Å². The molecule has 0 aliphatic heterocycles. The largest absolute Gasteiger partial charge is 0.331 e. The minimum Gasteiger partial charge on any atom is -0.305 e. The lowest BCUT2D eigenvalue weighted by atomic mass is 10.2. The summed E-state index contributed by atoms with van der Waals surface area (Å²) in [4.78, 5) is 14.6. The van der Waals surface area contributed by atoms with Crippen molar-refractivity contribution in [2.75, 3.05) is 0 Å². The predicted octanol–water partition coefficient (Wildman–Crippen LogP) is 3.11.